The van der Waals surface area contributed by atoms with Gasteiger partial charge in [0, 0.05) is 0 Å². The van der Waals surface area contributed by atoms with E-state index in [0.29, 0.717) is 0 Å². The monoisotopic (exact) mass is 453 g/mol. The molecule has 0 saturated heterocycles. The molecule has 0 amide bonds. The fourth-order valence-electron chi connectivity index (χ4n) is 5.32. The number of nitrogens with zero attached hydrogens (tertiary/aromatic N) is 1. The highest BCUT2D eigenvalue weighted by Gasteiger charge is 2.24. The standard InChI is InChI=1S/C31H66N/c1-5-9-13-14-15-16-17-18-19-20-21-22-23-24-25-26-27-31-32(28-10-6-2,29-11-7-3)30-12-8-4/h5-31H2,1-4H3/q+1. The molecule has 0 aliphatic carbocycles. The van der Waals surface area contributed by atoms with Crippen molar-refractivity contribution in [2.24, 2.45) is 0 Å². The van der Waals surface area contributed by atoms with Crippen molar-refractivity contribution in [3.8, 4) is 0 Å². The molecule has 0 saturated carbocycles. The van der Waals surface area contributed by atoms with Gasteiger partial charge in [0.05, 0.1) is 26.2 Å². The molecular formula is C31H66N+. The number of hydrogen-bond acceptors (Lipinski definition) is 0. The van der Waals surface area contributed by atoms with Gasteiger partial charge in [-0.15, -0.1) is 0 Å². The molecule has 194 valence electrons. The Hall–Kier alpha value is -0.0400. The van der Waals surface area contributed by atoms with Crippen molar-refractivity contribution in [3.05, 3.63) is 0 Å². The minimum atomic E-state index is 1.36. The summed E-state index contributed by atoms with van der Waals surface area (Å²) in [6.07, 6.45) is 33.4. The largest absolute Gasteiger partial charge is 0.324 e. The molecule has 0 rings (SSSR count). The highest BCUT2D eigenvalue weighted by Crippen LogP contribution is 2.18. The zero-order chi connectivity index (χ0) is 23.6. The molecule has 0 bridgehead atoms. The van der Waals surface area contributed by atoms with E-state index in [1.54, 1.807) is 0 Å². The van der Waals surface area contributed by atoms with Crippen LogP contribution in [0.5, 0.6) is 0 Å². The van der Waals surface area contributed by atoms with Crippen LogP contribution in [0.4, 0.5) is 0 Å². The molecule has 0 atom stereocenters. The molecule has 1 nitrogen and oxygen atoms in total. The van der Waals surface area contributed by atoms with Gasteiger partial charge >= 0.3 is 0 Å². The summed E-state index contributed by atoms with van der Waals surface area (Å²) in [5, 5.41) is 0. The van der Waals surface area contributed by atoms with Gasteiger partial charge in [-0.25, -0.2) is 0 Å². The first-order valence-corrected chi connectivity index (χ1v) is 15.6. The predicted octanol–water partition coefficient (Wildman–Crippen LogP) is 10.9. The minimum Gasteiger partial charge on any atom is -0.324 e. The Morgan fingerprint density at radius 1 is 0.250 bits per heavy atom. The van der Waals surface area contributed by atoms with Crippen LogP contribution >= 0.6 is 0 Å². The fourth-order valence-corrected chi connectivity index (χ4v) is 5.32. The van der Waals surface area contributed by atoms with Gasteiger partial charge in [0.25, 0.3) is 0 Å². The summed E-state index contributed by atoms with van der Waals surface area (Å²) in [5.74, 6) is 0. The molecule has 0 aliphatic heterocycles. The van der Waals surface area contributed by atoms with E-state index in [9.17, 15) is 0 Å². The van der Waals surface area contributed by atoms with Crippen LogP contribution in [0.3, 0.4) is 0 Å². The maximum absolute atomic E-state index is 2.37. The Morgan fingerprint density at radius 3 is 0.750 bits per heavy atom. The fraction of sp³-hybridized carbons (Fsp3) is 1.00. The Labute approximate surface area is 206 Å². The van der Waals surface area contributed by atoms with Crippen LogP contribution in [0.15, 0.2) is 0 Å². The first-order chi connectivity index (χ1) is 15.7. The summed E-state index contributed by atoms with van der Waals surface area (Å²) in [6.45, 7) is 15.2. The van der Waals surface area contributed by atoms with Crippen molar-refractivity contribution >= 4 is 0 Å². The van der Waals surface area contributed by atoms with Crippen LogP contribution in [0.2, 0.25) is 0 Å². The molecular weight excluding hydrogens is 386 g/mol. The van der Waals surface area contributed by atoms with E-state index in [1.165, 1.54) is 178 Å². The maximum atomic E-state index is 2.37. The summed E-state index contributed by atoms with van der Waals surface area (Å²) >= 11 is 0. The van der Waals surface area contributed by atoms with E-state index < -0.39 is 0 Å². The Balaban J connectivity index is 3.67. The Bertz CT molecular complexity index is 316. The highest BCUT2D eigenvalue weighted by atomic mass is 15.3. The number of quaternary nitrogens is 1. The summed E-state index contributed by atoms with van der Waals surface area (Å²) < 4.78 is 1.44. The van der Waals surface area contributed by atoms with Crippen molar-refractivity contribution in [2.75, 3.05) is 26.2 Å². The van der Waals surface area contributed by atoms with E-state index in [-0.39, 0.29) is 0 Å². The molecule has 0 aromatic carbocycles. The van der Waals surface area contributed by atoms with Crippen LogP contribution in [-0.2, 0) is 0 Å². The van der Waals surface area contributed by atoms with Gasteiger partial charge in [0.1, 0.15) is 0 Å². The van der Waals surface area contributed by atoms with Gasteiger partial charge in [-0.3, -0.25) is 0 Å². The third kappa shape index (κ3) is 20.6. The third-order valence-corrected chi connectivity index (χ3v) is 7.69. The molecule has 0 N–H and O–H groups in total. The second-order valence-corrected chi connectivity index (χ2v) is 11.0. The molecule has 0 spiro atoms. The quantitative estimate of drug-likeness (QED) is 0.0858. The van der Waals surface area contributed by atoms with Crippen molar-refractivity contribution in [2.45, 2.75) is 175 Å². The van der Waals surface area contributed by atoms with Gasteiger partial charge in [-0.1, -0.05) is 143 Å². The maximum Gasteiger partial charge on any atom is 0.0786 e. The van der Waals surface area contributed by atoms with E-state index in [4.69, 9.17) is 0 Å². The van der Waals surface area contributed by atoms with E-state index in [0.717, 1.165) is 0 Å². The van der Waals surface area contributed by atoms with Crippen molar-refractivity contribution in [3.63, 3.8) is 0 Å². The Kier molecular flexibility index (Phi) is 25.5. The molecule has 0 aliphatic rings. The van der Waals surface area contributed by atoms with Gasteiger partial charge < -0.3 is 4.48 Å². The van der Waals surface area contributed by atoms with Crippen LogP contribution in [0.1, 0.15) is 175 Å². The summed E-state index contributed by atoms with van der Waals surface area (Å²) in [6, 6.07) is 0. The van der Waals surface area contributed by atoms with Crippen LogP contribution in [0, 0.1) is 0 Å². The molecule has 1 heteroatoms. The van der Waals surface area contributed by atoms with E-state index >= 15 is 0 Å². The first-order valence-electron chi connectivity index (χ1n) is 15.6. The second-order valence-electron chi connectivity index (χ2n) is 11.0. The second kappa shape index (κ2) is 25.6. The lowest BCUT2D eigenvalue weighted by molar-refractivity contribution is -0.929. The lowest BCUT2D eigenvalue weighted by Crippen LogP contribution is -2.50. The number of unbranched alkanes of at least 4 members (excludes halogenated alkanes) is 19. The van der Waals surface area contributed by atoms with Gasteiger partial charge in [-0.05, 0) is 32.1 Å². The summed E-state index contributed by atoms with van der Waals surface area (Å²) in [7, 11) is 0. The summed E-state index contributed by atoms with van der Waals surface area (Å²) in [5.41, 5.74) is 0. The first kappa shape index (κ1) is 32.0. The van der Waals surface area contributed by atoms with Crippen LogP contribution < -0.4 is 0 Å². The topological polar surface area (TPSA) is 0 Å². The molecule has 0 unspecified atom stereocenters. The molecule has 0 aromatic heterocycles. The molecule has 32 heavy (non-hydrogen) atoms. The zero-order valence-electron chi connectivity index (χ0n) is 23.5. The zero-order valence-corrected chi connectivity index (χ0v) is 23.5. The number of rotatable bonds is 27. The van der Waals surface area contributed by atoms with Gasteiger partial charge in [0.2, 0.25) is 0 Å². The summed E-state index contributed by atoms with van der Waals surface area (Å²) in [4.78, 5) is 0. The predicted molar refractivity (Wildman–Crippen MR) is 149 cm³/mol. The van der Waals surface area contributed by atoms with Crippen LogP contribution in [-0.4, -0.2) is 30.7 Å². The SMILES string of the molecule is CCCCCCCCCCCCCCCCCCC[N+](CCCC)(CCCC)CCCC. The number of hydrogen-bond donors (Lipinski definition) is 0. The lowest BCUT2D eigenvalue weighted by Gasteiger charge is -2.39. The van der Waals surface area contributed by atoms with E-state index in [2.05, 4.69) is 27.7 Å². The highest BCUT2D eigenvalue weighted by molar-refractivity contribution is 4.53. The molecule has 0 aromatic rings. The van der Waals surface area contributed by atoms with E-state index in [1.807, 2.05) is 0 Å². The minimum absolute atomic E-state index is 1.36. The van der Waals surface area contributed by atoms with Gasteiger partial charge in [-0.2, -0.15) is 0 Å². The molecule has 0 fully saturated rings. The van der Waals surface area contributed by atoms with Crippen LogP contribution in [0.25, 0.3) is 0 Å². The van der Waals surface area contributed by atoms with Crippen molar-refractivity contribution < 1.29 is 4.48 Å². The average molecular weight is 453 g/mol. The third-order valence-electron chi connectivity index (χ3n) is 7.69. The normalized spacial score (nSPS) is 12.0. The van der Waals surface area contributed by atoms with Crippen molar-refractivity contribution in [1.29, 1.82) is 0 Å². The Morgan fingerprint density at radius 2 is 0.469 bits per heavy atom. The smallest absolute Gasteiger partial charge is 0.0786 e. The van der Waals surface area contributed by atoms with Crippen molar-refractivity contribution in [1.82, 2.24) is 0 Å². The molecule has 0 heterocycles. The lowest BCUT2D eigenvalue weighted by atomic mass is 10.0. The average Bonchev–Trinajstić information content (AvgIpc) is 2.81. The molecule has 0 radical (unpaired) electrons. The van der Waals surface area contributed by atoms with Gasteiger partial charge in [0.15, 0.2) is 0 Å².